The SMILES string of the molecule is CCNC(=NCc1ccc(C)cc1C)NCCc1nnc2ccccn12. The molecular formula is C20H26N6. The highest BCUT2D eigenvalue weighted by Gasteiger charge is 2.05. The fourth-order valence-corrected chi connectivity index (χ4v) is 2.88. The summed E-state index contributed by atoms with van der Waals surface area (Å²) in [4.78, 5) is 4.71. The quantitative estimate of drug-likeness (QED) is 0.530. The van der Waals surface area contributed by atoms with Crippen LogP contribution >= 0.6 is 0 Å². The minimum absolute atomic E-state index is 0.662. The topological polar surface area (TPSA) is 66.6 Å². The first kappa shape index (κ1) is 17.9. The van der Waals surface area contributed by atoms with Gasteiger partial charge >= 0.3 is 0 Å². The number of aromatic nitrogens is 3. The summed E-state index contributed by atoms with van der Waals surface area (Å²) < 4.78 is 2.02. The molecule has 0 saturated carbocycles. The van der Waals surface area contributed by atoms with Crippen molar-refractivity contribution in [3.05, 3.63) is 65.1 Å². The van der Waals surface area contributed by atoms with Crippen molar-refractivity contribution < 1.29 is 0 Å². The van der Waals surface area contributed by atoms with Crippen LogP contribution in [-0.2, 0) is 13.0 Å². The van der Waals surface area contributed by atoms with Gasteiger partial charge in [0, 0.05) is 25.7 Å². The van der Waals surface area contributed by atoms with Gasteiger partial charge in [-0.2, -0.15) is 0 Å². The molecule has 0 aliphatic rings. The van der Waals surface area contributed by atoms with Crippen LogP contribution in [0.5, 0.6) is 0 Å². The molecule has 2 aromatic heterocycles. The smallest absolute Gasteiger partial charge is 0.191 e. The third-order valence-corrected chi connectivity index (χ3v) is 4.28. The van der Waals surface area contributed by atoms with E-state index in [1.54, 1.807) is 0 Å². The summed E-state index contributed by atoms with van der Waals surface area (Å²) in [6.45, 7) is 8.55. The van der Waals surface area contributed by atoms with Gasteiger partial charge in [0.15, 0.2) is 11.6 Å². The average molecular weight is 350 g/mol. The lowest BCUT2D eigenvalue weighted by Gasteiger charge is -2.11. The molecule has 0 radical (unpaired) electrons. The lowest BCUT2D eigenvalue weighted by atomic mass is 10.1. The number of nitrogens with one attached hydrogen (secondary N) is 2. The van der Waals surface area contributed by atoms with Crippen LogP contribution in [0.3, 0.4) is 0 Å². The first-order valence-electron chi connectivity index (χ1n) is 9.04. The molecule has 0 unspecified atom stereocenters. The molecule has 26 heavy (non-hydrogen) atoms. The number of nitrogens with zero attached hydrogens (tertiary/aromatic N) is 4. The Morgan fingerprint density at radius 1 is 1.12 bits per heavy atom. The predicted octanol–water partition coefficient (Wildman–Crippen LogP) is 2.64. The van der Waals surface area contributed by atoms with Crippen LogP contribution in [0, 0.1) is 13.8 Å². The maximum Gasteiger partial charge on any atom is 0.191 e. The number of fused-ring (bicyclic) bond motifs is 1. The normalized spacial score (nSPS) is 11.7. The molecule has 0 aliphatic carbocycles. The van der Waals surface area contributed by atoms with E-state index in [0.29, 0.717) is 6.54 Å². The summed E-state index contributed by atoms with van der Waals surface area (Å²) in [5.41, 5.74) is 4.68. The molecule has 3 rings (SSSR count). The van der Waals surface area contributed by atoms with Gasteiger partial charge in [0.2, 0.25) is 0 Å². The second kappa shape index (κ2) is 8.47. The Bertz CT molecular complexity index is 896. The molecule has 0 amide bonds. The van der Waals surface area contributed by atoms with Gasteiger partial charge in [-0.05, 0) is 44.0 Å². The average Bonchev–Trinajstić information content (AvgIpc) is 3.04. The molecular weight excluding hydrogens is 324 g/mol. The second-order valence-electron chi connectivity index (χ2n) is 6.35. The van der Waals surface area contributed by atoms with Crippen LogP contribution in [0.1, 0.15) is 29.4 Å². The summed E-state index contributed by atoms with van der Waals surface area (Å²) in [7, 11) is 0. The fraction of sp³-hybridized carbons (Fsp3) is 0.350. The highest BCUT2D eigenvalue weighted by atomic mass is 15.2. The van der Waals surface area contributed by atoms with Crippen molar-refractivity contribution in [2.45, 2.75) is 33.7 Å². The maximum atomic E-state index is 4.71. The van der Waals surface area contributed by atoms with Crippen LogP contribution in [0.25, 0.3) is 5.65 Å². The Morgan fingerprint density at radius 3 is 2.81 bits per heavy atom. The van der Waals surface area contributed by atoms with E-state index in [2.05, 4.69) is 59.8 Å². The summed E-state index contributed by atoms with van der Waals surface area (Å²) in [5, 5.41) is 15.1. The van der Waals surface area contributed by atoms with Crippen molar-refractivity contribution in [1.29, 1.82) is 0 Å². The Kier molecular flexibility index (Phi) is 5.84. The van der Waals surface area contributed by atoms with E-state index in [1.165, 1.54) is 16.7 Å². The third kappa shape index (κ3) is 4.39. The highest BCUT2D eigenvalue weighted by molar-refractivity contribution is 5.79. The van der Waals surface area contributed by atoms with Crippen molar-refractivity contribution in [3.8, 4) is 0 Å². The zero-order chi connectivity index (χ0) is 18.4. The molecule has 3 aromatic rings. The number of pyridine rings is 1. The molecule has 6 nitrogen and oxygen atoms in total. The first-order chi connectivity index (χ1) is 12.7. The minimum Gasteiger partial charge on any atom is -0.357 e. The Hall–Kier alpha value is -2.89. The largest absolute Gasteiger partial charge is 0.357 e. The predicted molar refractivity (Wildman–Crippen MR) is 105 cm³/mol. The zero-order valence-electron chi connectivity index (χ0n) is 15.7. The molecule has 6 heteroatoms. The van der Waals surface area contributed by atoms with Gasteiger partial charge in [0.05, 0.1) is 6.54 Å². The first-order valence-corrected chi connectivity index (χ1v) is 9.04. The van der Waals surface area contributed by atoms with Crippen molar-refractivity contribution in [3.63, 3.8) is 0 Å². The van der Waals surface area contributed by atoms with Gasteiger partial charge in [0.25, 0.3) is 0 Å². The van der Waals surface area contributed by atoms with E-state index in [1.807, 2.05) is 28.8 Å². The van der Waals surface area contributed by atoms with E-state index in [9.17, 15) is 0 Å². The van der Waals surface area contributed by atoms with Crippen LogP contribution in [0.15, 0.2) is 47.6 Å². The summed E-state index contributed by atoms with van der Waals surface area (Å²) >= 11 is 0. The number of benzene rings is 1. The van der Waals surface area contributed by atoms with Gasteiger partial charge in [-0.1, -0.05) is 29.8 Å². The number of hydrogen-bond acceptors (Lipinski definition) is 3. The highest BCUT2D eigenvalue weighted by Crippen LogP contribution is 2.11. The lowest BCUT2D eigenvalue weighted by molar-refractivity contribution is 0.763. The summed E-state index contributed by atoms with van der Waals surface area (Å²) in [5.74, 6) is 1.76. The van der Waals surface area contributed by atoms with E-state index in [-0.39, 0.29) is 0 Å². The molecule has 1 aromatic carbocycles. The molecule has 0 aliphatic heterocycles. The standard InChI is InChI=1S/C20H26N6/c1-4-21-20(23-14-17-9-8-15(2)13-16(17)3)22-11-10-19-25-24-18-7-5-6-12-26(18)19/h5-9,12-13H,4,10-11,14H2,1-3H3,(H2,21,22,23). The second-order valence-corrected chi connectivity index (χ2v) is 6.35. The van der Waals surface area contributed by atoms with Gasteiger partial charge < -0.3 is 10.6 Å². The molecule has 0 bridgehead atoms. The van der Waals surface area contributed by atoms with E-state index >= 15 is 0 Å². The minimum atomic E-state index is 0.662. The monoisotopic (exact) mass is 350 g/mol. The third-order valence-electron chi connectivity index (χ3n) is 4.28. The number of hydrogen-bond donors (Lipinski definition) is 2. The van der Waals surface area contributed by atoms with Gasteiger partial charge in [-0.25, -0.2) is 4.99 Å². The van der Waals surface area contributed by atoms with Crippen molar-refractivity contribution in [2.75, 3.05) is 13.1 Å². The molecule has 0 atom stereocenters. The number of aryl methyl sites for hydroxylation is 2. The number of aliphatic imine (C=N–C) groups is 1. The Labute approximate surface area is 154 Å². The van der Waals surface area contributed by atoms with Crippen molar-refractivity contribution in [1.82, 2.24) is 25.2 Å². The molecule has 0 fully saturated rings. The molecule has 136 valence electrons. The van der Waals surface area contributed by atoms with Crippen LogP contribution in [0.2, 0.25) is 0 Å². The lowest BCUT2D eigenvalue weighted by Crippen LogP contribution is -2.38. The summed E-state index contributed by atoms with van der Waals surface area (Å²) in [6.07, 6.45) is 2.77. The van der Waals surface area contributed by atoms with E-state index in [0.717, 1.165) is 36.9 Å². The van der Waals surface area contributed by atoms with Gasteiger partial charge in [-0.15, -0.1) is 10.2 Å². The Morgan fingerprint density at radius 2 is 2.00 bits per heavy atom. The van der Waals surface area contributed by atoms with E-state index < -0.39 is 0 Å². The van der Waals surface area contributed by atoms with Gasteiger partial charge in [-0.3, -0.25) is 4.40 Å². The van der Waals surface area contributed by atoms with Crippen molar-refractivity contribution in [2.24, 2.45) is 4.99 Å². The number of rotatable bonds is 6. The maximum absolute atomic E-state index is 4.71. The van der Waals surface area contributed by atoms with E-state index in [4.69, 9.17) is 4.99 Å². The van der Waals surface area contributed by atoms with Crippen LogP contribution in [0.4, 0.5) is 0 Å². The fourth-order valence-electron chi connectivity index (χ4n) is 2.88. The van der Waals surface area contributed by atoms with Gasteiger partial charge in [0.1, 0.15) is 5.82 Å². The molecule has 2 heterocycles. The molecule has 0 saturated heterocycles. The number of guanidine groups is 1. The summed E-state index contributed by atoms with van der Waals surface area (Å²) in [6, 6.07) is 12.4. The molecule has 0 spiro atoms. The Balaban J connectivity index is 1.61. The van der Waals surface area contributed by atoms with Crippen molar-refractivity contribution >= 4 is 11.6 Å². The zero-order valence-corrected chi connectivity index (χ0v) is 15.7. The molecule has 2 N–H and O–H groups in total. The van der Waals surface area contributed by atoms with Crippen LogP contribution in [-0.4, -0.2) is 33.6 Å². The van der Waals surface area contributed by atoms with Crippen LogP contribution < -0.4 is 10.6 Å².